The summed E-state index contributed by atoms with van der Waals surface area (Å²) in [6, 6.07) is 2.13. The zero-order valence-electron chi connectivity index (χ0n) is 10.1. The number of thiophene rings is 1. The molecule has 90 valence electrons. The Hall–Kier alpha value is -1.46. The maximum absolute atomic E-state index is 4.40. The van der Waals surface area contributed by atoms with E-state index in [2.05, 4.69) is 37.0 Å². The predicted octanol–water partition coefficient (Wildman–Crippen LogP) is 1.89. The molecule has 2 heterocycles. The summed E-state index contributed by atoms with van der Waals surface area (Å²) < 4.78 is 0. The summed E-state index contributed by atoms with van der Waals surface area (Å²) in [6.45, 7) is 1.62. The van der Waals surface area contributed by atoms with Gasteiger partial charge in [-0.25, -0.2) is 4.98 Å². The molecule has 0 saturated carbocycles. The van der Waals surface area contributed by atoms with E-state index in [1.807, 2.05) is 26.5 Å². The second kappa shape index (κ2) is 5.75. The average molecular weight is 248 g/mol. The molecule has 0 saturated heterocycles. The lowest BCUT2D eigenvalue weighted by atomic mass is 10.3. The maximum Gasteiger partial charge on any atom is 0.147 e. The molecule has 1 N–H and O–H groups in total. The van der Waals surface area contributed by atoms with Crippen molar-refractivity contribution in [3.63, 3.8) is 0 Å². The van der Waals surface area contributed by atoms with E-state index >= 15 is 0 Å². The van der Waals surface area contributed by atoms with E-state index in [-0.39, 0.29) is 0 Å². The average Bonchev–Trinajstić information content (AvgIpc) is 2.83. The van der Waals surface area contributed by atoms with E-state index in [0.29, 0.717) is 0 Å². The monoisotopic (exact) mass is 248 g/mol. The maximum atomic E-state index is 4.40. The highest BCUT2D eigenvalue weighted by Crippen LogP contribution is 2.13. The number of anilines is 1. The Kier molecular flexibility index (Phi) is 4.06. The zero-order valence-corrected chi connectivity index (χ0v) is 10.9. The summed E-state index contributed by atoms with van der Waals surface area (Å²) in [4.78, 5) is 10.9. The first-order chi connectivity index (χ1) is 8.29. The fourth-order valence-corrected chi connectivity index (χ4v) is 2.21. The summed E-state index contributed by atoms with van der Waals surface area (Å²) in [5.41, 5.74) is 2.26. The summed E-state index contributed by atoms with van der Waals surface area (Å²) in [5.74, 6) is 0.899. The predicted molar refractivity (Wildman–Crippen MR) is 71.2 cm³/mol. The normalized spacial score (nSPS) is 10.5. The number of hydrogen-bond donors (Lipinski definition) is 1. The molecule has 2 aromatic heterocycles. The highest BCUT2D eigenvalue weighted by Gasteiger charge is 2.04. The highest BCUT2D eigenvalue weighted by atomic mass is 32.1. The van der Waals surface area contributed by atoms with Crippen molar-refractivity contribution in [1.82, 2.24) is 15.3 Å². The summed E-state index contributed by atoms with van der Waals surface area (Å²) >= 11 is 1.71. The molecule has 17 heavy (non-hydrogen) atoms. The molecule has 5 heteroatoms. The lowest BCUT2D eigenvalue weighted by Crippen LogP contribution is -2.18. The minimum atomic E-state index is 0.752. The fourth-order valence-electron chi connectivity index (χ4n) is 1.55. The van der Waals surface area contributed by atoms with E-state index in [1.165, 1.54) is 5.56 Å². The van der Waals surface area contributed by atoms with Crippen molar-refractivity contribution in [3.05, 3.63) is 40.5 Å². The molecule has 2 aromatic rings. The summed E-state index contributed by atoms with van der Waals surface area (Å²) in [7, 11) is 3.93. The first kappa shape index (κ1) is 12.0. The van der Waals surface area contributed by atoms with Crippen LogP contribution in [-0.4, -0.2) is 24.1 Å². The van der Waals surface area contributed by atoms with Gasteiger partial charge in [0.05, 0.1) is 18.1 Å². The highest BCUT2D eigenvalue weighted by molar-refractivity contribution is 7.07. The van der Waals surface area contributed by atoms with Crippen molar-refractivity contribution in [2.75, 3.05) is 19.0 Å². The molecule has 2 rings (SSSR count). The molecule has 0 amide bonds. The molecule has 0 aliphatic rings. The topological polar surface area (TPSA) is 41.1 Å². The van der Waals surface area contributed by atoms with Crippen molar-refractivity contribution in [1.29, 1.82) is 0 Å². The number of hydrogen-bond acceptors (Lipinski definition) is 5. The van der Waals surface area contributed by atoms with Crippen molar-refractivity contribution >= 4 is 17.2 Å². The molecular formula is C12H16N4S. The molecule has 0 aliphatic carbocycles. The van der Waals surface area contributed by atoms with Gasteiger partial charge in [-0.15, -0.1) is 0 Å². The number of nitrogens with zero attached hydrogens (tertiary/aromatic N) is 3. The molecule has 0 atom stereocenters. The van der Waals surface area contributed by atoms with Crippen molar-refractivity contribution < 1.29 is 0 Å². The molecule has 0 unspecified atom stereocenters. The Labute approximate surface area is 105 Å². The van der Waals surface area contributed by atoms with Gasteiger partial charge in [0.2, 0.25) is 0 Å². The molecule has 0 aromatic carbocycles. The van der Waals surface area contributed by atoms with Crippen molar-refractivity contribution in [2.24, 2.45) is 0 Å². The Morgan fingerprint density at radius 2 is 2.24 bits per heavy atom. The number of nitrogens with one attached hydrogen (secondary N) is 1. The minimum Gasteiger partial charge on any atom is -0.354 e. The third kappa shape index (κ3) is 3.25. The third-order valence-electron chi connectivity index (χ3n) is 2.44. The molecule has 0 radical (unpaired) electrons. The van der Waals surface area contributed by atoms with Gasteiger partial charge in [0.25, 0.3) is 0 Å². The van der Waals surface area contributed by atoms with E-state index < -0.39 is 0 Å². The Balaban J connectivity index is 2.01. The van der Waals surface area contributed by atoms with Crippen LogP contribution < -0.4 is 10.2 Å². The Morgan fingerprint density at radius 3 is 2.82 bits per heavy atom. The lowest BCUT2D eigenvalue weighted by molar-refractivity contribution is 0.779. The van der Waals surface area contributed by atoms with Crippen LogP contribution in [0.15, 0.2) is 29.2 Å². The van der Waals surface area contributed by atoms with Gasteiger partial charge < -0.3 is 10.2 Å². The SMILES string of the molecule is CNCc1cnc(N(C)Cc2ccsc2)cn1. The van der Waals surface area contributed by atoms with Gasteiger partial charge >= 0.3 is 0 Å². The van der Waals surface area contributed by atoms with E-state index in [4.69, 9.17) is 0 Å². The van der Waals surface area contributed by atoms with Gasteiger partial charge in [-0.1, -0.05) is 0 Å². The van der Waals surface area contributed by atoms with Gasteiger partial charge in [0, 0.05) is 20.1 Å². The largest absolute Gasteiger partial charge is 0.354 e. The molecule has 0 bridgehead atoms. The van der Waals surface area contributed by atoms with Gasteiger partial charge in [-0.3, -0.25) is 4.98 Å². The number of aromatic nitrogens is 2. The first-order valence-electron chi connectivity index (χ1n) is 5.47. The second-order valence-corrected chi connectivity index (χ2v) is 4.66. The van der Waals surface area contributed by atoms with E-state index in [1.54, 1.807) is 11.3 Å². The van der Waals surface area contributed by atoms with Gasteiger partial charge in [0.15, 0.2) is 0 Å². The number of rotatable bonds is 5. The minimum absolute atomic E-state index is 0.752. The van der Waals surface area contributed by atoms with E-state index in [0.717, 1.165) is 24.6 Å². The Morgan fingerprint density at radius 1 is 1.35 bits per heavy atom. The van der Waals surface area contributed by atoms with Crippen LogP contribution in [0.2, 0.25) is 0 Å². The lowest BCUT2D eigenvalue weighted by Gasteiger charge is -2.17. The zero-order chi connectivity index (χ0) is 12.1. The molecule has 0 fully saturated rings. The van der Waals surface area contributed by atoms with Crippen LogP contribution in [0, 0.1) is 0 Å². The van der Waals surface area contributed by atoms with Crippen molar-refractivity contribution in [2.45, 2.75) is 13.1 Å². The standard InChI is InChI=1S/C12H16N4S/c1-13-5-11-6-15-12(7-14-11)16(2)8-10-3-4-17-9-10/h3-4,6-7,9,13H,5,8H2,1-2H3. The second-order valence-electron chi connectivity index (χ2n) is 3.88. The van der Waals surface area contributed by atoms with Gasteiger partial charge in [0.1, 0.15) is 5.82 Å². The van der Waals surface area contributed by atoms with Crippen LogP contribution in [0.4, 0.5) is 5.82 Å². The van der Waals surface area contributed by atoms with E-state index in [9.17, 15) is 0 Å². The third-order valence-corrected chi connectivity index (χ3v) is 3.17. The summed E-state index contributed by atoms with van der Waals surface area (Å²) in [6.07, 6.45) is 3.63. The van der Waals surface area contributed by atoms with Gasteiger partial charge in [-0.05, 0) is 29.4 Å². The smallest absolute Gasteiger partial charge is 0.147 e. The molecule has 0 spiro atoms. The van der Waals surface area contributed by atoms with Crippen LogP contribution in [0.1, 0.15) is 11.3 Å². The van der Waals surface area contributed by atoms with Crippen LogP contribution >= 0.6 is 11.3 Å². The van der Waals surface area contributed by atoms with Crippen molar-refractivity contribution in [3.8, 4) is 0 Å². The summed E-state index contributed by atoms with van der Waals surface area (Å²) in [5, 5.41) is 7.29. The Bertz CT molecular complexity index is 438. The van der Waals surface area contributed by atoms with Crippen LogP contribution in [0.5, 0.6) is 0 Å². The first-order valence-corrected chi connectivity index (χ1v) is 6.41. The van der Waals surface area contributed by atoms with Crippen LogP contribution in [-0.2, 0) is 13.1 Å². The molecule has 0 aliphatic heterocycles. The fraction of sp³-hybridized carbons (Fsp3) is 0.333. The van der Waals surface area contributed by atoms with Crippen LogP contribution in [0.3, 0.4) is 0 Å². The quantitative estimate of drug-likeness (QED) is 0.877. The molecule has 4 nitrogen and oxygen atoms in total. The van der Waals surface area contributed by atoms with Crippen LogP contribution in [0.25, 0.3) is 0 Å². The molecular weight excluding hydrogens is 232 g/mol. The van der Waals surface area contributed by atoms with Gasteiger partial charge in [-0.2, -0.15) is 11.3 Å².